The van der Waals surface area contributed by atoms with E-state index in [0.29, 0.717) is 67.6 Å². The fourth-order valence-corrected chi connectivity index (χ4v) is 5.76. The summed E-state index contributed by atoms with van der Waals surface area (Å²) >= 11 is 0. The Balaban J connectivity index is 0.00000228. The van der Waals surface area contributed by atoms with Gasteiger partial charge < -0.3 is 25.6 Å². The number of hydrogen-bond acceptors (Lipinski definition) is 7. The van der Waals surface area contributed by atoms with Crippen molar-refractivity contribution < 1.29 is 24.1 Å². The quantitative estimate of drug-likeness (QED) is 0.444. The Bertz CT molecular complexity index is 1350. The summed E-state index contributed by atoms with van der Waals surface area (Å²) in [6.45, 7) is 11.3. The number of nitrogens with zero attached hydrogens (tertiary/aromatic N) is 5. The molecule has 200 valence electrons. The van der Waals surface area contributed by atoms with Crippen molar-refractivity contribution in [3.8, 4) is 17.1 Å². The average molecular weight is 525 g/mol. The van der Waals surface area contributed by atoms with Gasteiger partial charge in [-0.3, -0.25) is 4.79 Å². The second kappa shape index (κ2) is 11.9. The molecular formula is C23H36N6O6S. The molecule has 3 heterocycles. The van der Waals surface area contributed by atoms with Crippen molar-refractivity contribution in [2.75, 3.05) is 39.3 Å². The Morgan fingerprint density at radius 3 is 2.39 bits per heavy atom. The smallest absolute Gasteiger partial charge is 0.277 e. The molecule has 0 radical (unpaired) electrons. The fraction of sp³-hybridized carbons (Fsp3) is 0.522. The first-order chi connectivity index (χ1) is 16.3. The highest BCUT2D eigenvalue weighted by Gasteiger charge is 2.29. The van der Waals surface area contributed by atoms with E-state index in [1.165, 1.54) is 4.31 Å². The number of hydrogen-bond donors (Lipinski definition) is 1. The van der Waals surface area contributed by atoms with Gasteiger partial charge in [-0.2, -0.15) is 4.31 Å². The Morgan fingerprint density at radius 1 is 1.08 bits per heavy atom. The van der Waals surface area contributed by atoms with Gasteiger partial charge in [0.1, 0.15) is 11.6 Å². The third-order valence-corrected chi connectivity index (χ3v) is 8.03. The number of ether oxygens (including phenoxy) is 1. The van der Waals surface area contributed by atoms with Crippen LogP contribution in [0.4, 0.5) is 0 Å². The van der Waals surface area contributed by atoms with E-state index in [1.54, 1.807) is 29.6 Å². The van der Waals surface area contributed by atoms with Gasteiger partial charge in [0.15, 0.2) is 11.3 Å². The maximum absolute atomic E-state index is 13.4. The lowest BCUT2D eigenvalue weighted by molar-refractivity contribution is 0.196. The lowest BCUT2D eigenvalue weighted by Crippen LogP contribution is -2.48. The molecule has 1 aromatic carbocycles. The van der Waals surface area contributed by atoms with Crippen LogP contribution in [0.15, 0.2) is 27.9 Å². The molecule has 13 heteroatoms. The number of aromatic amines is 1. The zero-order valence-corrected chi connectivity index (χ0v) is 22.0. The van der Waals surface area contributed by atoms with E-state index >= 15 is 0 Å². The molecule has 0 saturated carbocycles. The van der Waals surface area contributed by atoms with Crippen molar-refractivity contribution in [3.05, 3.63) is 40.1 Å². The second-order valence-electron chi connectivity index (χ2n) is 8.36. The maximum Gasteiger partial charge on any atom is 0.277 e. The SMILES string of the molecule is CCCc1nc(C)c2c(=O)[nH]c(-c3cc(S(=O)(=O)N4CCN(CC)CC4)ccc3OCC)nn12.O.O. The molecular weight excluding hydrogens is 488 g/mol. The molecule has 1 aliphatic heterocycles. The maximum atomic E-state index is 13.4. The van der Waals surface area contributed by atoms with Crippen molar-refractivity contribution in [2.24, 2.45) is 0 Å². The molecule has 12 nitrogen and oxygen atoms in total. The van der Waals surface area contributed by atoms with Gasteiger partial charge in [0.25, 0.3) is 5.56 Å². The van der Waals surface area contributed by atoms with Crippen molar-refractivity contribution in [3.63, 3.8) is 0 Å². The van der Waals surface area contributed by atoms with Crippen LogP contribution in [0, 0.1) is 6.92 Å². The highest BCUT2D eigenvalue weighted by molar-refractivity contribution is 7.89. The van der Waals surface area contributed by atoms with E-state index in [4.69, 9.17) is 4.74 Å². The van der Waals surface area contributed by atoms with Crippen molar-refractivity contribution in [2.45, 2.75) is 45.4 Å². The molecule has 1 fully saturated rings. The number of aromatic nitrogens is 4. The largest absolute Gasteiger partial charge is 0.493 e. The van der Waals surface area contributed by atoms with Crippen LogP contribution < -0.4 is 10.3 Å². The van der Waals surface area contributed by atoms with Gasteiger partial charge in [-0.1, -0.05) is 13.8 Å². The van der Waals surface area contributed by atoms with Crippen molar-refractivity contribution in [1.29, 1.82) is 0 Å². The van der Waals surface area contributed by atoms with Gasteiger partial charge >= 0.3 is 0 Å². The van der Waals surface area contributed by atoms with Gasteiger partial charge in [-0.15, -0.1) is 5.10 Å². The zero-order chi connectivity index (χ0) is 24.5. The van der Waals surface area contributed by atoms with Crippen molar-refractivity contribution >= 4 is 15.5 Å². The molecule has 1 aliphatic rings. The molecule has 2 aromatic heterocycles. The molecule has 3 aromatic rings. The minimum absolute atomic E-state index is 0. The van der Waals surface area contributed by atoms with Crippen LogP contribution in [-0.2, 0) is 16.4 Å². The molecule has 1 saturated heterocycles. The van der Waals surface area contributed by atoms with E-state index in [-0.39, 0.29) is 27.2 Å². The summed E-state index contributed by atoms with van der Waals surface area (Å²) in [5, 5.41) is 4.65. The number of imidazole rings is 1. The number of likely N-dealkylation sites (N-methyl/N-ethyl adjacent to an activating group) is 1. The topological polar surface area (TPSA) is 176 Å². The Kier molecular flexibility index (Phi) is 9.74. The van der Waals surface area contributed by atoms with Crippen LogP contribution in [0.25, 0.3) is 16.9 Å². The van der Waals surface area contributed by atoms with Gasteiger partial charge in [0.2, 0.25) is 10.0 Å². The Hall–Kier alpha value is -2.84. The molecule has 0 unspecified atom stereocenters. The third-order valence-electron chi connectivity index (χ3n) is 6.14. The third kappa shape index (κ3) is 5.44. The summed E-state index contributed by atoms with van der Waals surface area (Å²) in [6, 6.07) is 4.72. The molecule has 0 aliphatic carbocycles. The normalized spacial score (nSPS) is 14.9. The molecule has 0 amide bonds. The molecule has 0 spiro atoms. The summed E-state index contributed by atoms with van der Waals surface area (Å²) in [7, 11) is -3.71. The van der Waals surface area contributed by atoms with Crippen LogP contribution in [0.2, 0.25) is 0 Å². The summed E-state index contributed by atoms with van der Waals surface area (Å²) in [5.74, 6) is 1.38. The van der Waals surface area contributed by atoms with Crippen LogP contribution in [0.5, 0.6) is 5.75 Å². The van der Waals surface area contributed by atoms with Gasteiger partial charge in [0.05, 0.1) is 22.8 Å². The predicted octanol–water partition coefficient (Wildman–Crippen LogP) is 0.421. The number of nitrogens with one attached hydrogen (secondary N) is 1. The van der Waals surface area contributed by atoms with E-state index in [9.17, 15) is 13.2 Å². The first-order valence-electron chi connectivity index (χ1n) is 11.8. The first-order valence-corrected chi connectivity index (χ1v) is 13.2. The molecule has 36 heavy (non-hydrogen) atoms. The van der Waals surface area contributed by atoms with Crippen LogP contribution in [-0.4, -0.2) is 87.5 Å². The highest BCUT2D eigenvalue weighted by Crippen LogP contribution is 2.31. The monoisotopic (exact) mass is 524 g/mol. The van der Waals surface area contributed by atoms with Gasteiger partial charge in [-0.05, 0) is 45.0 Å². The number of benzene rings is 1. The average Bonchev–Trinajstić information content (AvgIpc) is 3.15. The summed E-state index contributed by atoms with van der Waals surface area (Å²) in [6.07, 6.45) is 1.52. The summed E-state index contributed by atoms with van der Waals surface area (Å²) in [4.78, 5) is 22.6. The minimum atomic E-state index is -3.71. The number of aryl methyl sites for hydroxylation is 2. The Morgan fingerprint density at radius 2 is 1.78 bits per heavy atom. The molecule has 0 bridgehead atoms. The van der Waals surface area contributed by atoms with E-state index < -0.39 is 10.0 Å². The van der Waals surface area contributed by atoms with Gasteiger partial charge in [-0.25, -0.2) is 17.9 Å². The number of sulfonamides is 1. The molecule has 0 atom stereocenters. The lowest BCUT2D eigenvalue weighted by Gasteiger charge is -2.33. The molecule has 5 N–H and O–H groups in total. The summed E-state index contributed by atoms with van der Waals surface area (Å²) in [5.41, 5.74) is 1.09. The van der Waals surface area contributed by atoms with E-state index in [0.717, 1.165) is 13.0 Å². The van der Waals surface area contributed by atoms with Crippen LogP contribution in [0.1, 0.15) is 38.7 Å². The first kappa shape index (κ1) is 29.4. The standard InChI is InChI=1S/C23H32N6O4S.2H2O/c1-5-8-20-24-16(4)21-23(30)25-22(26-29(20)21)18-15-17(9-10-19(18)33-7-3)34(31,32)28-13-11-27(6-2)12-14-28;;/h9-10,15H,5-8,11-14H2,1-4H3,(H,25,26,30);2*1H2. The number of fused-ring (bicyclic) bond motifs is 1. The highest BCUT2D eigenvalue weighted by atomic mass is 32.2. The molecule has 4 rings (SSSR count). The van der Waals surface area contributed by atoms with Crippen LogP contribution >= 0.6 is 0 Å². The van der Waals surface area contributed by atoms with Crippen molar-refractivity contribution in [1.82, 2.24) is 28.8 Å². The second-order valence-corrected chi connectivity index (χ2v) is 10.3. The number of rotatable bonds is 8. The van der Waals surface area contributed by atoms with E-state index in [2.05, 4.69) is 26.9 Å². The minimum Gasteiger partial charge on any atom is -0.493 e. The zero-order valence-electron chi connectivity index (χ0n) is 21.2. The van der Waals surface area contributed by atoms with Crippen LogP contribution in [0.3, 0.4) is 0 Å². The summed E-state index contributed by atoms with van der Waals surface area (Å²) < 4.78 is 35.7. The fourth-order valence-electron chi connectivity index (χ4n) is 4.31. The predicted molar refractivity (Wildman–Crippen MR) is 137 cm³/mol. The Labute approximate surface area is 210 Å². The van der Waals surface area contributed by atoms with Gasteiger partial charge in [0, 0.05) is 32.6 Å². The van der Waals surface area contributed by atoms with E-state index in [1.807, 2.05) is 13.8 Å². The number of H-pyrrole nitrogens is 1. The number of piperazine rings is 1. The lowest BCUT2D eigenvalue weighted by atomic mass is 10.2.